The van der Waals surface area contributed by atoms with Crippen LogP contribution in [0.25, 0.3) is 11.0 Å². The van der Waals surface area contributed by atoms with Gasteiger partial charge in [-0.1, -0.05) is 5.21 Å². The molecule has 13 heavy (non-hydrogen) atoms. The van der Waals surface area contributed by atoms with Crippen molar-refractivity contribution >= 4 is 22.8 Å². The highest BCUT2D eigenvalue weighted by molar-refractivity contribution is 5.85. The minimum Gasteiger partial charge on any atom is -0.463 e. The molecule has 0 bridgehead atoms. The Morgan fingerprint density at radius 2 is 2.31 bits per heavy atom. The maximum Gasteiger partial charge on any atom is 0.434 e. The number of hydrogen-bond donors (Lipinski definition) is 2. The summed E-state index contributed by atoms with van der Waals surface area (Å²) in [7, 11) is 0. The summed E-state index contributed by atoms with van der Waals surface area (Å²) >= 11 is 0. The number of nitrogens with zero attached hydrogens (tertiary/aromatic N) is 3. The number of hydrogen-bond acceptors (Lipinski definition) is 4. The Morgan fingerprint density at radius 3 is 3.00 bits per heavy atom. The number of rotatable bonds is 0. The second-order valence-electron chi connectivity index (χ2n) is 2.53. The van der Waals surface area contributed by atoms with Crippen LogP contribution in [0.5, 0.6) is 0 Å². The number of benzene rings is 1. The molecule has 6 heteroatoms. The predicted octanol–water partition coefficient (Wildman–Crippen LogP) is 0.540. The van der Waals surface area contributed by atoms with Crippen LogP contribution in [0, 0.1) is 0 Å². The molecule has 0 spiro atoms. The quantitative estimate of drug-likeness (QED) is 0.574. The lowest BCUT2D eigenvalue weighted by Crippen LogP contribution is -2.09. The molecule has 0 atom stereocenters. The van der Waals surface area contributed by atoms with Crippen molar-refractivity contribution in [3.8, 4) is 0 Å². The van der Waals surface area contributed by atoms with Crippen molar-refractivity contribution in [3.63, 3.8) is 0 Å². The van der Waals surface area contributed by atoms with Gasteiger partial charge in [0.25, 0.3) is 0 Å². The van der Waals surface area contributed by atoms with E-state index in [1.165, 1.54) is 0 Å². The Hall–Kier alpha value is -2.11. The van der Waals surface area contributed by atoms with Crippen molar-refractivity contribution < 1.29 is 9.90 Å². The van der Waals surface area contributed by atoms with E-state index in [0.717, 1.165) is 4.68 Å². The minimum atomic E-state index is -1.16. The number of nitrogen functional groups attached to an aromatic ring is 1. The standard InChI is InChI=1S/C7H6N4O2/c8-4-1-2-6-5(3-4)9-10-11(6)7(12)13/h1-3H,8H2,(H,12,13). The van der Waals surface area contributed by atoms with Crippen LogP contribution >= 0.6 is 0 Å². The van der Waals surface area contributed by atoms with Crippen molar-refractivity contribution in [1.29, 1.82) is 0 Å². The van der Waals surface area contributed by atoms with Gasteiger partial charge in [0.2, 0.25) is 0 Å². The van der Waals surface area contributed by atoms with Crippen molar-refractivity contribution in [2.75, 3.05) is 5.73 Å². The summed E-state index contributed by atoms with van der Waals surface area (Å²) < 4.78 is 0.800. The van der Waals surface area contributed by atoms with Gasteiger partial charge in [0.15, 0.2) is 0 Å². The molecule has 1 aromatic carbocycles. The number of aromatic nitrogens is 3. The van der Waals surface area contributed by atoms with Gasteiger partial charge in [-0.25, -0.2) is 4.79 Å². The molecule has 0 unspecified atom stereocenters. The smallest absolute Gasteiger partial charge is 0.434 e. The molecule has 0 radical (unpaired) electrons. The molecule has 0 fully saturated rings. The summed E-state index contributed by atoms with van der Waals surface area (Å²) in [6, 6.07) is 4.74. The first-order chi connectivity index (χ1) is 6.18. The lowest BCUT2D eigenvalue weighted by Gasteiger charge is -1.93. The normalized spacial score (nSPS) is 10.5. The van der Waals surface area contributed by atoms with E-state index in [9.17, 15) is 4.79 Å². The first kappa shape index (κ1) is 7.53. The molecule has 1 heterocycles. The Morgan fingerprint density at radius 1 is 1.54 bits per heavy atom. The van der Waals surface area contributed by atoms with E-state index in [1.807, 2.05) is 0 Å². The Kier molecular flexibility index (Phi) is 1.42. The first-order valence-corrected chi connectivity index (χ1v) is 3.53. The van der Waals surface area contributed by atoms with Gasteiger partial charge in [-0.15, -0.1) is 9.78 Å². The average Bonchev–Trinajstić information content (AvgIpc) is 2.46. The van der Waals surface area contributed by atoms with E-state index < -0.39 is 6.09 Å². The van der Waals surface area contributed by atoms with Crippen molar-refractivity contribution in [3.05, 3.63) is 18.2 Å². The zero-order chi connectivity index (χ0) is 9.42. The lowest BCUT2D eigenvalue weighted by molar-refractivity contribution is 0.193. The highest BCUT2D eigenvalue weighted by Crippen LogP contribution is 2.13. The molecular weight excluding hydrogens is 172 g/mol. The zero-order valence-corrected chi connectivity index (χ0v) is 6.51. The minimum absolute atomic E-state index is 0.432. The Bertz CT molecular complexity index is 476. The van der Waals surface area contributed by atoms with E-state index >= 15 is 0 Å². The molecule has 3 N–H and O–H groups in total. The van der Waals surface area contributed by atoms with Crippen LogP contribution < -0.4 is 5.73 Å². The van der Waals surface area contributed by atoms with Gasteiger partial charge < -0.3 is 10.8 Å². The van der Waals surface area contributed by atoms with Gasteiger partial charge in [0.1, 0.15) is 11.0 Å². The molecule has 0 saturated heterocycles. The maximum atomic E-state index is 10.6. The molecule has 0 saturated carbocycles. The fourth-order valence-corrected chi connectivity index (χ4v) is 1.08. The summed E-state index contributed by atoms with van der Waals surface area (Å²) in [6.07, 6.45) is -1.16. The number of fused-ring (bicyclic) bond motifs is 1. The summed E-state index contributed by atoms with van der Waals surface area (Å²) in [5.41, 5.74) is 6.92. The molecule has 0 aliphatic rings. The summed E-state index contributed by atoms with van der Waals surface area (Å²) in [5, 5.41) is 15.8. The van der Waals surface area contributed by atoms with E-state index in [2.05, 4.69) is 10.3 Å². The van der Waals surface area contributed by atoms with E-state index in [-0.39, 0.29) is 0 Å². The molecule has 0 aliphatic carbocycles. The molecule has 6 nitrogen and oxygen atoms in total. The summed E-state index contributed by atoms with van der Waals surface area (Å²) in [4.78, 5) is 10.6. The summed E-state index contributed by atoms with van der Waals surface area (Å²) in [6.45, 7) is 0. The number of carbonyl (C=O) groups is 1. The highest BCUT2D eigenvalue weighted by Gasteiger charge is 2.09. The molecule has 2 rings (SSSR count). The van der Waals surface area contributed by atoms with Gasteiger partial charge in [0, 0.05) is 5.69 Å². The average molecular weight is 178 g/mol. The third-order valence-corrected chi connectivity index (χ3v) is 1.65. The van der Waals surface area contributed by atoms with Crippen LogP contribution in [-0.2, 0) is 0 Å². The van der Waals surface area contributed by atoms with Crippen LogP contribution in [0.1, 0.15) is 0 Å². The second-order valence-corrected chi connectivity index (χ2v) is 2.53. The second kappa shape index (κ2) is 2.44. The fraction of sp³-hybridized carbons (Fsp3) is 0. The molecule has 2 aromatic rings. The van der Waals surface area contributed by atoms with Gasteiger partial charge in [0.05, 0.1) is 0 Å². The number of carboxylic acid groups (broad SMARTS) is 1. The first-order valence-electron chi connectivity index (χ1n) is 3.53. The topological polar surface area (TPSA) is 94.0 Å². The van der Waals surface area contributed by atoms with Crippen molar-refractivity contribution in [2.45, 2.75) is 0 Å². The third kappa shape index (κ3) is 1.08. The molecule has 0 aliphatic heterocycles. The van der Waals surface area contributed by atoms with Crippen LogP contribution in [-0.4, -0.2) is 26.2 Å². The molecule has 66 valence electrons. The number of anilines is 1. The van der Waals surface area contributed by atoms with Gasteiger partial charge >= 0.3 is 6.09 Å². The highest BCUT2D eigenvalue weighted by atomic mass is 16.4. The van der Waals surface area contributed by atoms with Crippen LogP contribution in [0.3, 0.4) is 0 Å². The van der Waals surface area contributed by atoms with Gasteiger partial charge in [-0.2, -0.15) is 0 Å². The van der Waals surface area contributed by atoms with Crippen LogP contribution in [0.15, 0.2) is 18.2 Å². The van der Waals surface area contributed by atoms with E-state index in [0.29, 0.717) is 16.7 Å². The third-order valence-electron chi connectivity index (χ3n) is 1.65. The van der Waals surface area contributed by atoms with Crippen LogP contribution in [0.2, 0.25) is 0 Å². The lowest BCUT2D eigenvalue weighted by atomic mass is 10.3. The van der Waals surface area contributed by atoms with Crippen molar-refractivity contribution in [1.82, 2.24) is 15.0 Å². The maximum absolute atomic E-state index is 10.6. The Balaban J connectivity index is 2.76. The fourth-order valence-electron chi connectivity index (χ4n) is 1.08. The molecule has 1 aromatic heterocycles. The summed E-state index contributed by atoms with van der Waals surface area (Å²) in [5.74, 6) is 0. The monoisotopic (exact) mass is 178 g/mol. The molecule has 0 amide bonds. The van der Waals surface area contributed by atoms with E-state index in [4.69, 9.17) is 10.8 Å². The van der Waals surface area contributed by atoms with Gasteiger partial charge in [-0.3, -0.25) is 0 Å². The zero-order valence-electron chi connectivity index (χ0n) is 6.51. The predicted molar refractivity (Wildman–Crippen MR) is 45.4 cm³/mol. The largest absolute Gasteiger partial charge is 0.463 e. The Labute approximate surface area is 72.6 Å². The van der Waals surface area contributed by atoms with Gasteiger partial charge in [-0.05, 0) is 18.2 Å². The van der Waals surface area contributed by atoms with Crippen LogP contribution in [0.4, 0.5) is 10.5 Å². The van der Waals surface area contributed by atoms with E-state index in [1.54, 1.807) is 18.2 Å². The van der Waals surface area contributed by atoms with Crippen molar-refractivity contribution in [2.24, 2.45) is 0 Å². The SMILES string of the molecule is Nc1ccc2c(c1)nnn2C(=O)O. The molecular formula is C7H6N4O2. The number of nitrogens with two attached hydrogens (primary N) is 1.